The predicted octanol–water partition coefficient (Wildman–Crippen LogP) is 3.35. The summed E-state index contributed by atoms with van der Waals surface area (Å²) in [5.41, 5.74) is 1.17. The van der Waals surface area contributed by atoms with Crippen LogP contribution >= 0.6 is 11.3 Å². The van der Waals surface area contributed by atoms with E-state index in [1.807, 2.05) is 13.0 Å². The van der Waals surface area contributed by atoms with Crippen LogP contribution in [0.5, 0.6) is 11.5 Å². The van der Waals surface area contributed by atoms with Crippen LogP contribution in [-0.4, -0.2) is 30.4 Å². The van der Waals surface area contributed by atoms with E-state index < -0.39 is 12.0 Å². The Balaban J connectivity index is 1.93. The van der Waals surface area contributed by atoms with E-state index in [4.69, 9.17) is 18.6 Å². The molecular weight excluding hydrogens is 468 g/mol. The van der Waals surface area contributed by atoms with Gasteiger partial charge in [-0.25, -0.2) is 9.79 Å². The first-order chi connectivity index (χ1) is 17.0. The first-order valence-corrected chi connectivity index (χ1v) is 12.0. The number of hydrogen-bond donors (Lipinski definition) is 0. The number of rotatable bonds is 9. The smallest absolute Gasteiger partial charge is 0.338 e. The van der Waals surface area contributed by atoms with E-state index in [1.165, 1.54) is 15.9 Å². The number of allylic oxidation sites excluding steroid dienone is 1. The fraction of sp³-hybridized carbons (Fsp3) is 0.269. The predicted molar refractivity (Wildman–Crippen MR) is 132 cm³/mol. The van der Waals surface area contributed by atoms with Gasteiger partial charge in [-0.05, 0) is 50.6 Å². The number of thiazole rings is 1. The van der Waals surface area contributed by atoms with Gasteiger partial charge in [0.1, 0.15) is 12.4 Å². The lowest BCUT2D eigenvalue weighted by atomic mass is 9.95. The van der Waals surface area contributed by atoms with Crippen LogP contribution < -0.4 is 24.4 Å². The summed E-state index contributed by atoms with van der Waals surface area (Å²) in [6.07, 6.45) is 4.85. The second kappa shape index (κ2) is 10.6. The van der Waals surface area contributed by atoms with Crippen LogP contribution in [0.15, 0.2) is 74.7 Å². The maximum Gasteiger partial charge on any atom is 0.338 e. The van der Waals surface area contributed by atoms with E-state index in [2.05, 4.69) is 11.6 Å². The van der Waals surface area contributed by atoms with E-state index in [1.54, 1.807) is 56.5 Å². The zero-order valence-corrected chi connectivity index (χ0v) is 20.6. The standard InChI is InChI=1S/C26H26N2O6S/c1-5-12-34-19-11-10-17(14-20(19)31-6-2)23-22(25(30)32-7-3)16(4)27-26-28(23)24(29)21(35-26)15-18-9-8-13-33-18/h5,8-11,13-15,23H,1,6-7,12H2,2-4H3/b21-15-/t23-/m1/s1. The maximum absolute atomic E-state index is 13.6. The Morgan fingerprint density at radius 3 is 2.74 bits per heavy atom. The quantitative estimate of drug-likeness (QED) is 0.335. The summed E-state index contributed by atoms with van der Waals surface area (Å²) in [6, 6.07) is 8.13. The average molecular weight is 495 g/mol. The first kappa shape index (κ1) is 24.3. The van der Waals surface area contributed by atoms with Crippen molar-refractivity contribution in [3.63, 3.8) is 0 Å². The summed E-state index contributed by atoms with van der Waals surface area (Å²) >= 11 is 1.23. The molecule has 0 spiro atoms. The van der Waals surface area contributed by atoms with Gasteiger partial charge < -0.3 is 18.6 Å². The number of benzene rings is 1. The molecule has 35 heavy (non-hydrogen) atoms. The Hall–Kier alpha value is -3.85. The van der Waals surface area contributed by atoms with Gasteiger partial charge in [0.05, 0.1) is 41.3 Å². The minimum Gasteiger partial charge on any atom is -0.490 e. The fourth-order valence-corrected chi connectivity index (χ4v) is 4.87. The van der Waals surface area contributed by atoms with Crippen LogP contribution in [-0.2, 0) is 9.53 Å². The highest BCUT2D eigenvalue weighted by molar-refractivity contribution is 7.07. The molecule has 0 amide bonds. The monoisotopic (exact) mass is 494 g/mol. The molecule has 1 aromatic carbocycles. The summed E-state index contributed by atoms with van der Waals surface area (Å²) in [4.78, 5) is 31.7. The van der Waals surface area contributed by atoms with E-state index >= 15 is 0 Å². The molecule has 182 valence electrons. The van der Waals surface area contributed by atoms with Crippen molar-refractivity contribution in [1.29, 1.82) is 0 Å². The number of esters is 1. The molecule has 4 rings (SSSR count). The van der Waals surface area contributed by atoms with Crippen LogP contribution in [0.25, 0.3) is 6.08 Å². The van der Waals surface area contributed by atoms with Crippen molar-refractivity contribution in [3.8, 4) is 11.5 Å². The van der Waals surface area contributed by atoms with Crippen molar-refractivity contribution in [2.75, 3.05) is 19.8 Å². The molecule has 0 bridgehead atoms. The van der Waals surface area contributed by atoms with E-state index in [0.717, 1.165) is 0 Å². The van der Waals surface area contributed by atoms with Gasteiger partial charge in [0.25, 0.3) is 5.56 Å². The lowest BCUT2D eigenvalue weighted by Crippen LogP contribution is -2.40. The maximum atomic E-state index is 13.6. The highest BCUT2D eigenvalue weighted by Crippen LogP contribution is 2.36. The third-order valence-electron chi connectivity index (χ3n) is 5.27. The zero-order chi connectivity index (χ0) is 24.9. The Morgan fingerprint density at radius 1 is 1.23 bits per heavy atom. The topological polar surface area (TPSA) is 92.3 Å². The summed E-state index contributed by atoms with van der Waals surface area (Å²) in [7, 11) is 0. The lowest BCUT2D eigenvalue weighted by molar-refractivity contribution is -0.139. The van der Waals surface area contributed by atoms with Crippen LogP contribution in [0.2, 0.25) is 0 Å². The highest BCUT2D eigenvalue weighted by atomic mass is 32.1. The highest BCUT2D eigenvalue weighted by Gasteiger charge is 2.34. The van der Waals surface area contributed by atoms with Crippen molar-refractivity contribution >= 4 is 23.4 Å². The van der Waals surface area contributed by atoms with Gasteiger partial charge in [-0.2, -0.15) is 0 Å². The summed E-state index contributed by atoms with van der Waals surface area (Å²) in [6.45, 7) is 9.96. The zero-order valence-electron chi connectivity index (χ0n) is 19.8. The molecule has 0 saturated heterocycles. The minimum absolute atomic E-state index is 0.198. The second-order valence-corrected chi connectivity index (χ2v) is 8.57. The lowest BCUT2D eigenvalue weighted by Gasteiger charge is -2.25. The molecule has 3 heterocycles. The number of carbonyl (C=O) groups is 1. The Labute approximate surface area is 206 Å². The number of nitrogens with zero attached hydrogens (tertiary/aromatic N) is 2. The number of carbonyl (C=O) groups excluding carboxylic acids is 1. The first-order valence-electron chi connectivity index (χ1n) is 11.2. The second-order valence-electron chi connectivity index (χ2n) is 7.56. The van der Waals surface area contributed by atoms with Gasteiger partial charge in [0, 0.05) is 6.08 Å². The largest absolute Gasteiger partial charge is 0.490 e. The molecular formula is C26H26N2O6S. The minimum atomic E-state index is -0.753. The Bertz CT molecular complexity index is 1450. The van der Waals surface area contributed by atoms with E-state index in [-0.39, 0.29) is 12.2 Å². The molecule has 0 radical (unpaired) electrons. The molecule has 0 fully saturated rings. The van der Waals surface area contributed by atoms with Crippen molar-refractivity contribution in [2.24, 2.45) is 4.99 Å². The average Bonchev–Trinajstić information content (AvgIpc) is 3.45. The SMILES string of the molecule is C=CCOc1ccc([C@@H]2C(C(=O)OCC)=C(C)N=c3s/c(=C\c4ccco4)c(=O)n32)cc1OCC. The van der Waals surface area contributed by atoms with Gasteiger partial charge in [-0.15, -0.1) is 0 Å². The number of ether oxygens (including phenoxy) is 3. The van der Waals surface area contributed by atoms with Gasteiger partial charge in [0.2, 0.25) is 0 Å². The van der Waals surface area contributed by atoms with Crippen LogP contribution in [0.1, 0.15) is 38.1 Å². The molecule has 1 aliphatic heterocycles. The van der Waals surface area contributed by atoms with Crippen molar-refractivity contribution in [3.05, 3.63) is 91.5 Å². The Kier molecular flexibility index (Phi) is 7.36. The third kappa shape index (κ3) is 4.85. The molecule has 2 aromatic heterocycles. The summed E-state index contributed by atoms with van der Waals surface area (Å²) in [5, 5.41) is 0. The van der Waals surface area contributed by atoms with Crippen molar-refractivity contribution in [1.82, 2.24) is 4.57 Å². The van der Waals surface area contributed by atoms with E-state index in [0.29, 0.717) is 56.6 Å². The third-order valence-corrected chi connectivity index (χ3v) is 6.26. The fourth-order valence-electron chi connectivity index (χ4n) is 3.84. The normalized spacial score (nSPS) is 15.4. The molecule has 3 aromatic rings. The van der Waals surface area contributed by atoms with Crippen molar-refractivity contribution in [2.45, 2.75) is 26.8 Å². The van der Waals surface area contributed by atoms with Crippen LogP contribution in [0, 0.1) is 0 Å². The van der Waals surface area contributed by atoms with Gasteiger partial charge in [-0.3, -0.25) is 9.36 Å². The van der Waals surface area contributed by atoms with Crippen molar-refractivity contribution < 1.29 is 23.4 Å². The molecule has 1 atom stereocenters. The molecule has 0 aliphatic carbocycles. The number of fused-ring (bicyclic) bond motifs is 1. The number of aromatic nitrogens is 1. The molecule has 1 aliphatic rings. The molecule has 0 unspecified atom stereocenters. The number of hydrogen-bond acceptors (Lipinski definition) is 8. The molecule has 0 saturated carbocycles. The molecule has 9 heteroatoms. The van der Waals surface area contributed by atoms with Gasteiger partial charge >= 0.3 is 5.97 Å². The van der Waals surface area contributed by atoms with Gasteiger partial charge in [0.15, 0.2) is 16.3 Å². The number of furan rings is 1. The Morgan fingerprint density at radius 2 is 2.06 bits per heavy atom. The summed E-state index contributed by atoms with van der Waals surface area (Å²) in [5.74, 6) is 1.07. The van der Waals surface area contributed by atoms with Crippen LogP contribution in [0.3, 0.4) is 0 Å². The molecule has 0 N–H and O–H groups in total. The molecule has 8 nitrogen and oxygen atoms in total. The van der Waals surface area contributed by atoms with E-state index in [9.17, 15) is 9.59 Å². The van der Waals surface area contributed by atoms with Gasteiger partial charge in [-0.1, -0.05) is 30.1 Å². The van der Waals surface area contributed by atoms with Crippen LogP contribution in [0.4, 0.5) is 0 Å². The summed E-state index contributed by atoms with van der Waals surface area (Å²) < 4.78 is 24.2.